The van der Waals surface area contributed by atoms with E-state index in [0.29, 0.717) is 12.2 Å². The third kappa shape index (κ3) is 5.66. The second-order valence-corrected chi connectivity index (χ2v) is 11.4. The van der Waals surface area contributed by atoms with Gasteiger partial charge in [-0.05, 0) is 56.1 Å². The predicted octanol–water partition coefficient (Wildman–Crippen LogP) is 5.67. The molecule has 4 nitrogen and oxygen atoms in total. The normalized spacial score (nSPS) is 30.7. The molecule has 1 saturated carbocycles. The smallest absolute Gasteiger partial charge is 0.251 e. The Balaban J connectivity index is 1.38. The third-order valence-corrected chi connectivity index (χ3v) is 8.90. The number of amides is 1. The monoisotopic (exact) mass is 411 g/mol. The van der Waals surface area contributed by atoms with Crippen molar-refractivity contribution in [3.05, 3.63) is 0 Å². The Morgan fingerprint density at radius 1 is 1.04 bits per heavy atom. The summed E-state index contributed by atoms with van der Waals surface area (Å²) < 4.78 is 6.32. The second kappa shape index (κ2) is 10.2. The summed E-state index contributed by atoms with van der Waals surface area (Å²) >= 11 is 2.25. The van der Waals surface area contributed by atoms with E-state index >= 15 is 0 Å². The molecule has 1 amide bonds. The van der Waals surface area contributed by atoms with Crippen molar-refractivity contribution in [3.8, 4) is 0 Å². The van der Waals surface area contributed by atoms with Crippen LogP contribution in [0.1, 0.15) is 90.9 Å². The first-order valence-corrected chi connectivity index (χ1v) is 12.7. The van der Waals surface area contributed by atoms with Gasteiger partial charge >= 0.3 is 0 Å². The van der Waals surface area contributed by atoms with E-state index in [0.717, 1.165) is 35.0 Å². The van der Waals surface area contributed by atoms with Gasteiger partial charge in [0.25, 0.3) is 5.91 Å². The highest BCUT2D eigenvalue weighted by Gasteiger charge is 2.48. The van der Waals surface area contributed by atoms with Crippen LogP contribution in [-0.2, 0) is 9.53 Å². The molecule has 0 unspecified atom stereocenters. The maximum atomic E-state index is 12.0. The Hall–Kier alpha value is -0.260. The van der Waals surface area contributed by atoms with E-state index in [4.69, 9.17) is 4.74 Å². The number of hydroxylamine groups is 2. The lowest BCUT2D eigenvalue weighted by atomic mass is 9.77. The fourth-order valence-corrected chi connectivity index (χ4v) is 7.27. The molecule has 28 heavy (non-hydrogen) atoms. The van der Waals surface area contributed by atoms with Crippen LogP contribution in [0.4, 0.5) is 0 Å². The molecule has 4 atom stereocenters. The summed E-state index contributed by atoms with van der Waals surface area (Å²) in [7, 11) is 1.42. The van der Waals surface area contributed by atoms with Gasteiger partial charge in [0.1, 0.15) is 0 Å². The molecule has 5 heteroatoms. The first kappa shape index (κ1) is 22.4. The van der Waals surface area contributed by atoms with Crippen LogP contribution < -0.4 is 0 Å². The zero-order valence-corrected chi connectivity index (χ0v) is 19.0. The van der Waals surface area contributed by atoms with Crippen LogP contribution in [0.15, 0.2) is 0 Å². The molecule has 1 N–H and O–H groups in total. The van der Waals surface area contributed by atoms with Crippen molar-refractivity contribution in [1.82, 2.24) is 5.06 Å². The molecular formula is C23H41NO3S. The molecule has 1 aliphatic carbocycles. The number of rotatable bonds is 10. The van der Waals surface area contributed by atoms with Crippen LogP contribution in [0, 0.1) is 17.3 Å². The van der Waals surface area contributed by atoms with Gasteiger partial charge in [0, 0.05) is 17.7 Å². The molecule has 0 aromatic carbocycles. The highest BCUT2D eigenvalue weighted by atomic mass is 32.2. The summed E-state index contributed by atoms with van der Waals surface area (Å²) in [5.74, 6) is 2.65. The van der Waals surface area contributed by atoms with Gasteiger partial charge in [-0.25, -0.2) is 5.06 Å². The quantitative estimate of drug-likeness (QED) is 0.286. The number of thioether (sulfide) groups is 1. The number of unbranched alkanes of at least 4 members (excludes halogenated alkanes) is 2. The van der Waals surface area contributed by atoms with Crippen molar-refractivity contribution in [1.29, 1.82) is 0 Å². The molecule has 2 saturated heterocycles. The molecule has 2 aliphatic heterocycles. The van der Waals surface area contributed by atoms with E-state index in [1.54, 1.807) is 0 Å². The number of nitrogens with zero attached hydrogens (tertiary/aromatic N) is 1. The number of ether oxygens (including phenoxy) is 1. The van der Waals surface area contributed by atoms with E-state index in [-0.39, 0.29) is 5.91 Å². The lowest BCUT2D eigenvalue weighted by Gasteiger charge is -2.30. The summed E-state index contributed by atoms with van der Waals surface area (Å²) in [6, 6.07) is 0. The minimum atomic E-state index is -0.474. The van der Waals surface area contributed by atoms with E-state index in [9.17, 15) is 10.0 Å². The van der Waals surface area contributed by atoms with Crippen molar-refractivity contribution in [2.45, 2.75) is 108 Å². The molecule has 0 aromatic heterocycles. The Bertz CT molecular complexity index is 504. The topological polar surface area (TPSA) is 49.8 Å². The SMILES string of the molecule is CN(O)C(=O)C(C)(C)CCCCC[C@H]1[C@@H](CSC2CCCCC2)[C@H]2CC[C@@H]1O2. The summed E-state index contributed by atoms with van der Waals surface area (Å²) in [6.07, 6.45) is 16.3. The maximum absolute atomic E-state index is 12.0. The zero-order valence-electron chi connectivity index (χ0n) is 18.2. The second-order valence-electron chi connectivity index (χ2n) is 10.0. The minimum absolute atomic E-state index is 0.186. The van der Waals surface area contributed by atoms with E-state index in [2.05, 4.69) is 11.8 Å². The molecule has 2 bridgehead atoms. The molecule has 3 aliphatic rings. The first-order valence-electron chi connectivity index (χ1n) is 11.6. The fourth-order valence-electron chi connectivity index (χ4n) is 5.65. The number of fused-ring (bicyclic) bond motifs is 2. The highest BCUT2D eigenvalue weighted by Crippen LogP contribution is 2.47. The van der Waals surface area contributed by atoms with Crippen LogP contribution in [0.2, 0.25) is 0 Å². The molecule has 3 rings (SSSR count). The van der Waals surface area contributed by atoms with Crippen LogP contribution in [0.3, 0.4) is 0 Å². The first-order chi connectivity index (χ1) is 13.4. The fraction of sp³-hybridized carbons (Fsp3) is 0.957. The molecule has 3 fully saturated rings. The number of hydrogen-bond acceptors (Lipinski definition) is 4. The van der Waals surface area contributed by atoms with Crippen molar-refractivity contribution < 1.29 is 14.7 Å². The molecule has 0 aromatic rings. The molecule has 0 spiro atoms. The van der Waals surface area contributed by atoms with E-state index in [1.807, 2.05) is 13.8 Å². The Morgan fingerprint density at radius 3 is 2.39 bits per heavy atom. The standard InChI is InChI=1S/C23H41NO3S/c1-23(2,22(25)24(3)26)15-9-5-8-12-18-19(21-14-13-20(18)27-21)16-28-17-10-6-4-7-11-17/h17-21,26H,4-16H2,1-3H3/t18-,19+,20-,21+/m0/s1. The Labute approximate surface area is 176 Å². The Kier molecular flexibility index (Phi) is 8.14. The van der Waals surface area contributed by atoms with Gasteiger partial charge in [0.15, 0.2) is 0 Å². The van der Waals surface area contributed by atoms with Gasteiger partial charge in [-0.15, -0.1) is 0 Å². The van der Waals surface area contributed by atoms with Gasteiger partial charge in [-0.3, -0.25) is 10.0 Å². The maximum Gasteiger partial charge on any atom is 0.251 e. The van der Waals surface area contributed by atoms with Crippen LogP contribution in [0.5, 0.6) is 0 Å². The van der Waals surface area contributed by atoms with Crippen molar-refractivity contribution >= 4 is 17.7 Å². The lowest BCUT2D eigenvalue weighted by Crippen LogP contribution is -2.36. The molecular weight excluding hydrogens is 370 g/mol. The number of hydrogen-bond donors (Lipinski definition) is 1. The summed E-state index contributed by atoms with van der Waals surface area (Å²) in [6.45, 7) is 3.87. The van der Waals surface area contributed by atoms with Gasteiger partial charge in [0.2, 0.25) is 0 Å². The summed E-state index contributed by atoms with van der Waals surface area (Å²) in [4.78, 5) is 12.0. The Morgan fingerprint density at radius 2 is 1.71 bits per heavy atom. The minimum Gasteiger partial charge on any atom is -0.374 e. The highest BCUT2D eigenvalue weighted by molar-refractivity contribution is 7.99. The van der Waals surface area contributed by atoms with Crippen LogP contribution >= 0.6 is 11.8 Å². The summed E-state index contributed by atoms with van der Waals surface area (Å²) in [5, 5.41) is 11.0. The van der Waals surface area contributed by atoms with Crippen molar-refractivity contribution in [3.63, 3.8) is 0 Å². The average molecular weight is 412 g/mol. The van der Waals surface area contributed by atoms with Gasteiger partial charge in [0.05, 0.1) is 12.2 Å². The van der Waals surface area contributed by atoms with Crippen LogP contribution in [0.25, 0.3) is 0 Å². The zero-order chi connectivity index (χ0) is 20.1. The van der Waals surface area contributed by atoms with Crippen molar-refractivity contribution in [2.75, 3.05) is 12.8 Å². The molecule has 2 heterocycles. The lowest BCUT2D eigenvalue weighted by molar-refractivity contribution is -0.169. The summed E-state index contributed by atoms with van der Waals surface area (Å²) in [5.41, 5.74) is -0.474. The van der Waals surface area contributed by atoms with Crippen LogP contribution in [-0.4, -0.2) is 46.4 Å². The average Bonchev–Trinajstić information content (AvgIpc) is 3.28. The van der Waals surface area contributed by atoms with Gasteiger partial charge < -0.3 is 4.74 Å². The number of carbonyl (C=O) groups is 1. The largest absolute Gasteiger partial charge is 0.374 e. The van der Waals surface area contributed by atoms with E-state index < -0.39 is 5.41 Å². The molecule has 0 radical (unpaired) electrons. The predicted molar refractivity (Wildman–Crippen MR) is 116 cm³/mol. The van der Waals surface area contributed by atoms with Crippen molar-refractivity contribution in [2.24, 2.45) is 17.3 Å². The van der Waals surface area contributed by atoms with E-state index in [1.165, 1.54) is 77.0 Å². The number of carbonyl (C=O) groups excluding carboxylic acids is 1. The third-order valence-electron chi connectivity index (χ3n) is 7.38. The van der Waals surface area contributed by atoms with Gasteiger partial charge in [-0.1, -0.05) is 52.4 Å². The van der Waals surface area contributed by atoms with Gasteiger partial charge in [-0.2, -0.15) is 11.8 Å². The molecule has 162 valence electrons.